The van der Waals surface area contributed by atoms with Gasteiger partial charge in [0.2, 0.25) is 0 Å². The van der Waals surface area contributed by atoms with E-state index in [0.717, 1.165) is 44.3 Å². The summed E-state index contributed by atoms with van der Waals surface area (Å²) in [4.78, 5) is 0. The van der Waals surface area contributed by atoms with Crippen molar-refractivity contribution in [2.45, 2.75) is 56.4 Å². The number of hydrogen-bond acceptors (Lipinski definition) is 3. The Kier molecular flexibility index (Phi) is 5.25. The van der Waals surface area contributed by atoms with Gasteiger partial charge in [0.15, 0.2) is 0 Å². The van der Waals surface area contributed by atoms with Crippen molar-refractivity contribution in [2.75, 3.05) is 13.7 Å². The maximum absolute atomic E-state index is 9.53. The third-order valence-corrected chi connectivity index (χ3v) is 6.65. The fraction of sp³-hybridized carbons (Fsp3) is 0.500. The van der Waals surface area contributed by atoms with E-state index in [1.807, 2.05) is 6.07 Å². The van der Waals surface area contributed by atoms with Gasteiger partial charge in [-0.25, -0.2) is 0 Å². The molecule has 144 valence electrons. The number of benzene rings is 2. The van der Waals surface area contributed by atoms with E-state index in [2.05, 4.69) is 36.4 Å². The zero-order valence-corrected chi connectivity index (χ0v) is 16.3. The number of rotatable bonds is 5. The Bertz CT molecular complexity index is 803. The molecule has 0 amide bonds. The van der Waals surface area contributed by atoms with Crippen LogP contribution in [0.5, 0.6) is 5.75 Å². The quantitative estimate of drug-likeness (QED) is 0.842. The van der Waals surface area contributed by atoms with Gasteiger partial charge in [-0.2, -0.15) is 0 Å². The molecular formula is C24H31NO2. The molecule has 3 heteroatoms. The molecule has 3 nitrogen and oxygen atoms in total. The number of aryl methyl sites for hydroxylation is 1. The van der Waals surface area contributed by atoms with Gasteiger partial charge in [0.1, 0.15) is 5.75 Å². The summed E-state index contributed by atoms with van der Waals surface area (Å²) in [7, 11) is 1.73. The Morgan fingerprint density at radius 1 is 1.15 bits per heavy atom. The van der Waals surface area contributed by atoms with E-state index in [1.54, 1.807) is 7.11 Å². The van der Waals surface area contributed by atoms with Crippen molar-refractivity contribution in [2.24, 2.45) is 11.7 Å². The first-order valence-electron chi connectivity index (χ1n) is 10.2. The zero-order valence-electron chi connectivity index (χ0n) is 16.3. The van der Waals surface area contributed by atoms with E-state index >= 15 is 0 Å². The monoisotopic (exact) mass is 365 g/mol. The highest BCUT2D eigenvalue weighted by atomic mass is 16.5. The van der Waals surface area contributed by atoms with Crippen LogP contribution in [0, 0.1) is 5.92 Å². The maximum atomic E-state index is 9.53. The SMILES string of the molecule is COc1cccc(C[C@@H]2CCc3cc([C@H]4CC[C@](N)(CO)C4)ccc3C2)c1. The summed E-state index contributed by atoms with van der Waals surface area (Å²) in [6.45, 7) is 0.0976. The molecule has 1 fully saturated rings. The van der Waals surface area contributed by atoms with Crippen LogP contribution in [-0.2, 0) is 19.3 Å². The molecule has 0 saturated heterocycles. The lowest BCUT2D eigenvalue weighted by atomic mass is 9.79. The second-order valence-electron chi connectivity index (χ2n) is 8.65. The van der Waals surface area contributed by atoms with Crippen LogP contribution in [0.25, 0.3) is 0 Å². The van der Waals surface area contributed by atoms with Gasteiger partial charge in [0, 0.05) is 5.54 Å². The van der Waals surface area contributed by atoms with Crippen LogP contribution in [0.1, 0.15) is 53.9 Å². The van der Waals surface area contributed by atoms with Gasteiger partial charge in [-0.1, -0.05) is 30.3 Å². The third-order valence-electron chi connectivity index (χ3n) is 6.65. The first-order valence-corrected chi connectivity index (χ1v) is 10.2. The molecule has 0 heterocycles. The minimum absolute atomic E-state index is 0.0976. The van der Waals surface area contributed by atoms with Gasteiger partial charge in [-0.05, 0) is 91.2 Å². The molecule has 0 radical (unpaired) electrons. The predicted octanol–water partition coefficient (Wildman–Crippen LogP) is 4.00. The van der Waals surface area contributed by atoms with Gasteiger partial charge in [0.25, 0.3) is 0 Å². The molecule has 3 atom stereocenters. The topological polar surface area (TPSA) is 55.5 Å². The zero-order chi connectivity index (χ0) is 18.9. The van der Waals surface area contributed by atoms with Gasteiger partial charge in [-0.15, -0.1) is 0 Å². The average Bonchev–Trinajstić information content (AvgIpc) is 3.10. The van der Waals surface area contributed by atoms with Gasteiger partial charge >= 0.3 is 0 Å². The molecule has 2 aromatic rings. The van der Waals surface area contributed by atoms with Crippen molar-refractivity contribution in [3.63, 3.8) is 0 Å². The molecule has 3 N–H and O–H groups in total. The molecule has 0 spiro atoms. The lowest BCUT2D eigenvalue weighted by Gasteiger charge is -2.26. The number of ether oxygens (including phenoxy) is 1. The van der Waals surface area contributed by atoms with Crippen molar-refractivity contribution in [1.29, 1.82) is 0 Å². The Morgan fingerprint density at radius 2 is 2.04 bits per heavy atom. The van der Waals surface area contributed by atoms with Crippen molar-refractivity contribution >= 4 is 0 Å². The summed E-state index contributed by atoms with van der Waals surface area (Å²) in [6.07, 6.45) is 7.61. The Hall–Kier alpha value is -1.84. The number of fused-ring (bicyclic) bond motifs is 1. The van der Waals surface area contributed by atoms with E-state index in [0.29, 0.717) is 11.8 Å². The molecular weight excluding hydrogens is 334 g/mol. The second kappa shape index (κ2) is 7.65. The molecule has 0 bridgehead atoms. The van der Waals surface area contributed by atoms with Crippen molar-refractivity contribution < 1.29 is 9.84 Å². The van der Waals surface area contributed by atoms with E-state index in [4.69, 9.17) is 10.5 Å². The normalized spacial score (nSPS) is 27.4. The molecule has 2 aliphatic carbocycles. The van der Waals surface area contributed by atoms with Gasteiger partial charge in [0.05, 0.1) is 13.7 Å². The number of hydrogen-bond donors (Lipinski definition) is 2. The van der Waals surface area contributed by atoms with E-state index < -0.39 is 0 Å². The first-order chi connectivity index (χ1) is 13.1. The van der Waals surface area contributed by atoms with Crippen LogP contribution in [0.15, 0.2) is 42.5 Å². The number of aliphatic hydroxyl groups is 1. The fourth-order valence-electron chi connectivity index (χ4n) is 5.00. The Balaban J connectivity index is 1.43. The summed E-state index contributed by atoms with van der Waals surface area (Å²) in [6, 6.07) is 15.5. The summed E-state index contributed by atoms with van der Waals surface area (Å²) in [5.74, 6) is 2.15. The Labute approximate surface area is 162 Å². The predicted molar refractivity (Wildman–Crippen MR) is 109 cm³/mol. The van der Waals surface area contributed by atoms with Gasteiger partial charge in [-0.3, -0.25) is 0 Å². The summed E-state index contributed by atoms with van der Waals surface area (Å²) in [5, 5.41) is 9.53. The van der Waals surface area contributed by atoms with Crippen LogP contribution >= 0.6 is 0 Å². The highest BCUT2D eigenvalue weighted by molar-refractivity contribution is 5.37. The number of aliphatic hydroxyl groups excluding tert-OH is 1. The van der Waals surface area contributed by atoms with E-state index in [9.17, 15) is 5.11 Å². The molecule has 2 aromatic carbocycles. The molecule has 0 unspecified atom stereocenters. The molecule has 4 rings (SSSR count). The second-order valence-corrected chi connectivity index (χ2v) is 8.65. The fourth-order valence-corrected chi connectivity index (χ4v) is 5.00. The van der Waals surface area contributed by atoms with Crippen LogP contribution in [0.3, 0.4) is 0 Å². The molecule has 0 aromatic heterocycles. The smallest absolute Gasteiger partial charge is 0.119 e. The minimum Gasteiger partial charge on any atom is -0.497 e. The maximum Gasteiger partial charge on any atom is 0.119 e. The average molecular weight is 366 g/mol. The standard InChI is InChI=1S/C24H31NO2/c1-27-23-4-2-3-17(13-23)11-18-5-6-20-14-21(8-7-19(20)12-18)22-9-10-24(25,15-22)16-26/h2-4,7-8,13-14,18,22,26H,5-6,9-12,15-16,25H2,1H3/t18-,22-,24+/m0/s1. The molecule has 0 aliphatic heterocycles. The van der Waals surface area contributed by atoms with E-state index in [1.165, 1.54) is 28.7 Å². The van der Waals surface area contributed by atoms with E-state index in [-0.39, 0.29) is 12.1 Å². The Morgan fingerprint density at radius 3 is 2.81 bits per heavy atom. The molecule has 1 saturated carbocycles. The highest BCUT2D eigenvalue weighted by Gasteiger charge is 2.36. The number of nitrogens with two attached hydrogens (primary N) is 1. The van der Waals surface area contributed by atoms with Crippen molar-refractivity contribution in [1.82, 2.24) is 0 Å². The molecule has 27 heavy (non-hydrogen) atoms. The van der Waals surface area contributed by atoms with Crippen LogP contribution in [0.4, 0.5) is 0 Å². The lowest BCUT2D eigenvalue weighted by molar-refractivity contribution is 0.198. The summed E-state index contributed by atoms with van der Waals surface area (Å²) >= 11 is 0. The van der Waals surface area contributed by atoms with Crippen molar-refractivity contribution in [3.05, 3.63) is 64.7 Å². The number of methoxy groups -OCH3 is 1. The largest absolute Gasteiger partial charge is 0.497 e. The first kappa shape index (κ1) is 18.5. The third kappa shape index (κ3) is 4.04. The van der Waals surface area contributed by atoms with Crippen LogP contribution in [0.2, 0.25) is 0 Å². The highest BCUT2D eigenvalue weighted by Crippen LogP contribution is 2.40. The minimum atomic E-state index is -0.373. The summed E-state index contributed by atoms with van der Waals surface area (Å²) in [5.41, 5.74) is 11.7. The summed E-state index contributed by atoms with van der Waals surface area (Å²) < 4.78 is 5.36. The van der Waals surface area contributed by atoms with Crippen molar-refractivity contribution in [3.8, 4) is 5.75 Å². The van der Waals surface area contributed by atoms with Gasteiger partial charge < -0.3 is 15.6 Å². The van der Waals surface area contributed by atoms with Crippen LogP contribution < -0.4 is 10.5 Å². The lowest BCUT2D eigenvalue weighted by Crippen LogP contribution is -2.40. The molecule has 2 aliphatic rings. The van der Waals surface area contributed by atoms with Crippen LogP contribution in [-0.4, -0.2) is 24.4 Å².